The molecule has 0 spiro atoms. The van der Waals surface area contributed by atoms with Crippen LogP contribution in [0.15, 0.2) is 71.1 Å². The van der Waals surface area contributed by atoms with Crippen molar-refractivity contribution in [2.45, 2.75) is 129 Å². The molecule has 53 heavy (non-hydrogen) atoms. The molecule has 2 aromatic rings. The summed E-state index contributed by atoms with van der Waals surface area (Å²) in [5.41, 5.74) is 5.60. The van der Waals surface area contributed by atoms with Crippen molar-refractivity contribution in [3.63, 3.8) is 0 Å². The molecule has 4 atom stereocenters. The Labute approximate surface area is 319 Å². The van der Waals surface area contributed by atoms with Gasteiger partial charge in [-0.15, -0.1) is 0 Å². The highest BCUT2D eigenvalue weighted by atomic mass is 32.2. The zero-order valence-electron chi connectivity index (χ0n) is 33.8. The molecule has 1 aliphatic rings. The molecule has 0 radical (unpaired) electrons. The van der Waals surface area contributed by atoms with Gasteiger partial charge in [0.05, 0.1) is 10.9 Å². The number of hydrogen-bond acceptors (Lipinski definition) is 7. The number of carbonyl (C=O) groups is 4. The lowest BCUT2D eigenvalue weighted by molar-refractivity contribution is -0.141. The zero-order chi connectivity index (χ0) is 40.3. The predicted octanol–water partition coefficient (Wildman–Crippen LogP) is 5.95. The van der Waals surface area contributed by atoms with Crippen LogP contribution in [0.25, 0.3) is 0 Å². The maximum Gasteiger partial charge on any atom is 0.410 e. The Morgan fingerprint density at radius 1 is 0.887 bits per heavy atom. The van der Waals surface area contributed by atoms with Gasteiger partial charge in [-0.3, -0.25) is 24.0 Å². The third-order valence-corrected chi connectivity index (χ3v) is 10.9. The summed E-state index contributed by atoms with van der Waals surface area (Å²) in [7, 11) is 1.37. The van der Waals surface area contributed by atoms with Crippen LogP contribution in [0.5, 0.6) is 0 Å². The van der Waals surface area contributed by atoms with E-state index in [2.05, 4.69) is 10.0 Å². The first-order valence-corrected chi connectivity index (χ1v) is 19.3. The van der Waals surface area contributed by atoms with Crippen molar-refractivity contribution in [3.8, 4) is 0 Å². The fourth-order valence-corrected chi connectivity index (χ4v) is 7.14. The van der Waals surface area contributed by atoms with Crippen LogP contribution in [0.4, 0.5) is 4.79 Å². The second kappa shape index (κ2) is 16.5. The molecular weight excluding hydrogens is 691 g/mol. The monoisotopic (exact) mass is 751 g/mol. The Bertz CT molecular complexity index is 1690. The summed E-state index contributed by atoms with van der Waals surface area (Å²) >= 11 is 0. The lowest BCUT2D eigenvalue weighted by Gasteiger charge is -2.42. The molecule has 1 aliphatic carbocycles. The fourth-order valence-electron chi connectivity index (χ4n) is 6.31. The van der Waals surface area contributed by atoms with Gasteiger partial charge in [-0.1, -0.05) is 97.0 Å². The van der Waals surface area contributed by atoms with E-state index in [9.17, 15) is 23.4 Å². The molecule has 292 valence electrons. The van der Waals surface area contributed by atoms with Crippen LogP contribution in [-0.2, 0) is 41.1 Å². The van der Waals surface area contributed by atoms with Crippen molar-refractivity contribution in [1.82, 2.24) is 19.8 Å². The molecule has 1 saturated carbocycles. The van der Waals surface area contributed by atoms with Crippen LogP contribution in [-0.4, -0.2) is 75.6 Å². The summed E-state index contributed by atoms with van der Waals surface area (Å²) in [5, 5.41) is 3.02. The van der Waals surface area contributed by atoms with Crippen molar-refractivity contribution >= 4 is 34.8 Å². The van der Waals surface area contributed by atoms with Gasteiger partial charge in [0.1, 0.15) is 17.7 Å². The number of nitrogens with one attached hydrogen (secondary N) is 2. The Kier molecular flexibility index (Phi) is 13.5. The minimum absolute atomic E-state index is 0.130. The zero-order valence-corrected chi connectivity index (χ0v) is 34.6. The summed E-state index contributed by atoms with van der Waals surface area (Å²) in [4.78, 5) is 58.9. The molecule has 0 heterocycles. The minimum Gasteiger partial charge on any atom is -0.444 e. The third-order valence-electron chi connectivity index (χ3n) is 9.79. The fraction of sp³-hybridized carbons (Fsp3) is 0.561. The van der Waals surface area contributed by atoms with Crippen molar-refractivity contribution in [3.05, 3.63) is 77.4 Å². The van der Waals surface area contributed by atoms with Gasteiger partial charge in [0.2, 0.25) is 11.8 Å². The van der Waals surface area contributed by atoms with E-state index in [1.807, 2.05) is 90.9 Å². The molecular formula is C41H61N5O6S. The highest BCUT2D eigenvalue weighted by Gasteiger charge is 2.46. The molecule has 3 rings (SSSR count). The van der Waals surface area contributed by atoms with E-state index >= 15 is 0 Å². The molecule has 0 saturated heterocycles. The maximum absolute atomic E-state index is 14.5. The van der Waals surface area contributed by atoms with Crippen LogP contribution >= 0.6 is 0 Å². The van der Waals surface area contributed by atoms with Crippen molar-refractivity contribution in [1.29, 1.82) is 0 Å². The lowest BCUT2D eigenvalue weighted by atomic mass is 9.76. The van der Waals surface area contributed by atoms with E-state index in [0.717, 1.165) is 24.0 Å². The molecule has 0 bridgehead atoms. The largest absolute Gasteiger partial charge is 0.444 e. The van der Waals surface area contributed by atoms with Crippen molar-refractivity contribution in [2.24, 2.45) is 17.1 Å². The Morgan fingerprint density at radius 2 is 1.43 bits per heavy atom. The second-order valence-corrected chi connectivity index (χ2v) is 18.5. The number of ether oxygens (including phenoxy) is 1. The van der Waals surface area contributed by atoms with E-state index in [1.54, 1.807) is 53.0 Å². The first-order valence-electron chi connectivity index (χ1n) is 18.2. The maximum atomic E-state index is 14.5. The number of nitrogens with zero attached hydrogens (tertiary/aromatic N) is 2. The Hall–Kier alpha value is -4.03. The van der Waals surface area contributed by atoms with Gasteiger partial charge < -0.3 is 20.7 Å². The van der Waals surface area contributed by atoms with Gasteiger partial charge in [-0.25, -0.2) is 9.00 Å². The molecule has 4 amide bonds. The number of benzene rings is 2. The summed E-state index contributed by atoms with van der Waals surface area (Å²) in [6.45, 7) is 20.1. The summed E-state index contributed by atoms with van der Waals surface area (Å²) in [6.07, 6.45) is 2.83. The molecule has 1 fully saturated rings. The van der Waals surface area contributed by atoms with Gasteiger partial charge >= 0.3 is 6.09 Å². The third kappa shape index (κ3) is 11.0. The predicted molar refractivity (Wildman–Crippen MR) is 210 cm³/mol. The van der Waals surface area contributed by atoms with E-state index in [4.69, 9.17) is 10.5 Å². The van der Waals surface area contributed by atoms with Crippen LogP contribution in [0.1, 0.15) is 100 Å². The standard InChI is InChI=1S/C41H61N5O6S/c1-26(2)31(25-27(3)34(47)44-53(51)30-21-19-29(20-22-30)41(42)23-24-41)45(12)36(49)32(38(4,5)6)43-35(48)33(46(13)37(50)52-39(7,8)9)40(10,11)28-17-15-14-16-18-28/h14-22,25-26,31-33H,23-24,42H2,1-13H3,(H,43,48)(H,44,47)/b27-25+/t31-,32-,33-,53?/m1/s1. The molecule has 1 unspecified atom stereocenters. The average Bonchev–Trinajstić information content (AvgIpc) is 3.82. The molecule has 0 aromatic heterocycles. The highest BCUT2D eigenvalue weighted by Crippen LogP contribution is 2.42. The van der Waals surface area contributed by atoms with Crippen molar-refractivity contribution < 1.29 is 28.1 Å². The normalized spacial score (nSPS) is 16.8. The number of hydrogen-bond donors (Lipinski definition) is 3. The lowest BCUT2D eigenvalue weighted by Crippen LogP contribution is -2.63. The molecule has 12 heteroatoms. The average molecular weight is 752 g/mol. The quantitative estimate of drug-likeness (QED) is 0.214. The summed E-state index contributed by atoms with van der Waals surface area (Å²) in [6, 6.07) is 13.9. The smallest absolute Gasteiger partial charge is 0.410 e. The first-order chi connectivity index (χ1) is 24.3. The first kappa shape index (κ1) is 43.4. The minimum atomic E-state index is -1.81. The Balaban J connectivity index is 1.88. The molecule has 4 N–H and O–H groups in total. The van der Waals surface area contributed by atoms with E-state index in [-0.39, 0.29) is 22.9 Å². The van der Waals surface area contributed by atoms with Crippen LogP contribution in [0.2, 0.25) is 0 Å². The summed E-state index contributed by atoms with van der Waals surface area (Å²) in [5.74, 6) is -1.55. The highest BCUT2D eigenvalue weighted by molar-refractivity contribution is 7.83. The summed E-state index contributed by atoms with van der Waals surface area (Å²) < 4.78 is 21.3. The number of amides is 4. The number of nitrogens with two attached hydrogens (primary N) is 1. The van der Waals surface area contributed by atoms with Crippen LogP contribution in [0, 0.1) is 11.3 Å². The van der Waals surface area contributed by atoms with E-state index < -0.39 is 63.4 Å². The van der Waals surface area contributed by atoms with Gasteiger partial charge in [0, 0.05) is 30.6 Å². The van der Waals surface area contributed by atoms with Crippen LogP contribution in [0.3, 0.4) is 0 Å². The molecule has 11 nitrogen and oxygen atoms in total. The van der Waals surface area contributed by atoms with Gasteiger partial charge in [-0.2, -0.15) is 0 Å². The van der Waals surface area contributed by atoms with E-state index in [1.165, 1.54) is 16.8 Å². The number of rotatable bonds is 13. The second-order valence-electron chi connectivity index (χ2n) is 17.3. The van der Waals surface area contributed by atoms with E-state index in [0.29, 0.717) is 4.90 Å². The number of carbonyl (C=O) groups excluding carboxylic acids is 4. The van der Waals surface area contributed by atoms with Gasteiger partial charge in [0.25, 0.3) is 5.91 Å². The molecule has 2 aromatic carbocycles. The number of likely N-dealkylation sites (N-methyl/N-ethyl adjacent to an activating group) is 2. The molecule has 0 aliphatic heterocycles. The van der Waals surface area contributed by atoms with Gasteiger partial charge in [0.15, 0.2) is 11.0 Å². The van der Waals surface area contributed by atoms with Crippen molar-refractivity contribution in [2.75, 3.05) is 14.1 Å². The Morgan fingerprint density at radius 3 is 1.91 bits per heavy atom. The topological polar surface area (TPSA) is 151 Å². The van der Waals surface area contributed by atoms with Crippen LogP contribution < -0.4 is 15.8 Å². The van der Waals surface area contributed by atoms with Gasteiger partial charge in [-0.05, 0) is 75.1 Å². The SMILES string of the molecule is C/C(=C\[C@H](C(C)C)N(C)C(=O)[C@@H](NC(=O)[C@@H](N(C)C(=O)OC(C)(C)C)C(C)(C)c1ccccc1)C(C)(C)C)C(=O)NS(=O)c1ccc(C2(N)CC2)cc1.